The number of nitrogens with zero attached hydrogens (tertiary/aromatic N) is 1. The Morgan fingerprint density at radius 3 is 2.81 bits per heavy atom. The standard InChI is InChI=1S/C23H20FN3O4S/c1-31-21-11-15(7-8-25-21)13-26-23(29)16-5-6-19-18(12-16)22(28)20(32(30)27-19)10-14-3-2-4-17(24)9-14/h2-9,11-12,20,27H,10,13H2,1H3,(H,26,29). The quantitative estimate of drug-likeness (QED) is 0.598. The normalized spacial score (nSPS) is 17.2. The number of anilines is 1. The van der Waals surface area contributed by atoms with Crippen LogP contribution in [-0.2, 0) is 24.0 Å². The molecule has 9 heteroatoms. The van der Waals surface area contributed by atoms with E-state index in [4.69, 9.17) is 4.74 Å². The monoisotopic (exact) mass is 453 g/mol. The van der Waals surface area contributed by atoms with Crippen molar-refractivity contribution in [3.05, 3.63) is 88.9 Å². The van der Waals surface area contributed by atoms with Crippen LogP contribution in [0.4, 0.5) is 10.1 Å². The number of rotatable bonds is 6. The molecule has 0 radical (unpaired) electrons. The lowest BCUT2D eigenvalue weighted by atomic mass is 9.98. The van der Waals surface area contributed by atoms with Gasteiger partial charge in [0.2, 0.25) is 5.88 Å². The molecule has 0 bridgehead atoms. The minimum atomic E-state index is -1.67. The third kappa shape index (κ3) is 4.67. The largest absolute Gasteiger partial charge is 0.481 e. The molecule has 32 heavy (non-hydrogen) atoms. The third-order valence-electron chi connectivity index (χ3n) is 5.08. The zero-order valence-corrected chi connectivity index (χ0v) is 17.9. The van der Waals surface area contributed by atoms with Gasteiger partial charge in [0, 0.05) is 29.9 Å². The molecule has 0 saturated heterocycles. The van der Waals surface area contributed by atoms with E-state index in [0.29, 0.717) is 22.7 Å². The molecular formula is C23H20FN3O4S. The molecule has 0 fully saturated rings. The van der Waals surface area contributed by atoms with E-state index in [9.17, 15) is 18.2 Å². The van der Waals surface area contributed by atoms with Gasteiger partial charge in [-0.1, -0.05) is 12.1 Å². The van der Waals surface area contributed by atoms with Crippen LogP contribution in [0.2, 0.25) is 0 Å². The van der Waals surface area contributed by atoms with Crippen molar-refractivity contribution >= 4 is 28.4 Å². The number of halogens is 1. The van der Waals surface area contributed by atoms with Crippen molar-refractivity contribution in [1.82, 2.24) is 10.3 Å². The number of carbonyl (C=O) groups is 2. The second kappa shape index (κ2) is 9.27. The lowest BCUT2D eigenvalue weighted by Gasteiger charge is -2.24. The van der Waals surface area contributed by atoms with Crippen molar-refractivity contribution in [2.45, 2.75) is 18.2 Å². The van der Waals surface area contributed by atoms with Gasteiger partial charge in [-0.25, -0.2) is 13.6 Å². The van der Waals surface area contributed by atoms with Gasteiger partial charge < -0.3 is 14.8 Å². The first kappa shape index (κ1) is 21.6. The van der Waals surface area contributed by atoms with E-state index in [1.54, 1.807) is 42.6 Å². The third-order valence-corrected chi connectivity index (χ3v) is 6.40. The number of nitrogens with one attached hydrogen (secondary N) is 2. The SMILES string of the molecule is COc1cc(CNC(=O)c2ccc3c(c2)C(=O)C(Cc2cccc(F)c2)S(=O)N3)ccn1. The lowest BCUT2D eigenvalue weighted by molar-refractivity contribution is 0.0951. The summed E-state index contributed by atoms with van der Waals surface area (Å²) in [4.78, 5) is 29.7. The van der Waals surface area contributed by atoms with E-state index in [1.165, 1.54) is 25.3 Å². The maximum Gasteiger partial charge on any atom is 0.251 e. The Labute approximate surface area is 186 Å². The van der Waals surface area contributed by atoms with Crippen molar-refractivity contribution in [3.8, 4) is 5.88 Å². The van der Waals surface area contributed by atoms with Crippen LogP contribution in [0.1, 0.15) is 31.8 Å². The first-order valence-electron chi connectivity index (χ1n) is 9.81. The first-order valence-corrected chi connectivity index (χ1v) is 11.0. The van der Waals surface area contributed by atoms with Gasteiger partial charge in [-0.15, -0.1) is 0 Å². The molecule has 0 saturated carbocycles. The van der Waals surface area contributed by atoms with Gasteiger partial charge in [-0.2, -0.15) is 0 Å². The Morgan fingerprint density at radius 2 is 2.03 bits per heavy atom. The highest BCUT2D eigenvalue weighted by Crippen LogP contribution is 2.28. The van der Waals surface area contributed by atoms with Crippen LogP contribution < -0.4 is 14.8 Å². The number of pyridine rings is 1. The Kier molecular flexibility index (Phi) is 6.27. The van der Waals surface area contributed by atoms with Crippen LogP contribution in [0.3, 0.4) is 0 Å². The number of aromatic nitrogens is 1. The molecule has 7 nitrogen and oxygen atoms in total. The van der Waals surface area contributed by atoms with Gasteiger partial charge in [0.15, 0.2) is 5.78 Å². The van der Waals surface area contributed by atoms with Crippen molar-refractivity contribution in [2.75, 3.05) is 11.8 Å². The molecule has 164 valence electrons. The second-order valence-electron chi connectivity index (χ2n) is 7.24. The number of hydrogen-bond donors (Lipinski definition) is 2. The number of methoxy groups -OCH3 is 1. The number of fused-ring (bicyclic) bond motifs is 1. The molecule has 0 aliphatic carbocycles. The summed E-state index contributed by atoms with van der Waals surface area (Å²) < 4.78 is 34.0. The maximum atomic E-state index is 13.5. The predicted octanol–water partition coefficient (Wildman–Crippen LogP) is 3.04. The predicted molar refractivity (Wildman–Crippen MR) is 118 cm³/mol. The second-order valence-corrected chi connectivity index (χ2v) is 8.60. The lowest BCUT2D eigenvalue weighted by Crippen LogP contribution is -2.37. The van der Waals surface area contributed by atoms with E-state index in [-0.39, 0.29) is 30.2 Å². The number of hydrogen-bond acceptors (Lipinski definition) is 5. The van der Waals surface area contributed by atoms with E-state index in [2.05, 4.69) is 15.0 Å². The molecule has 1 aliphatic heterocycles. The summed E-state index contributed by atoms with van der Waals surface area (Å²) >= 11 is 0. The van der Waals surface area contributed by atoms with Gasteiger partial charge in [-0.05, 0) is 53.9 Å². The molecule has 3 aromatic rings. The highest BCUT2D eigenvalue weighted by atomic mass is 32.2. The summed E-state index contributed by atoms with van der Waals surface area (Å²) in [5, 5.41) is 1.92. The molecule has 0 spiro atoms. The highest BCUT2D eigenvalue weighted by Gasteiger charge is 2.34. The van der Waals surface area contributed by atoms with Crippen LogP contribution >= 0.6 is 0 Å². The summed E-state index contributed by atoms with van der Waals surface area (Å²) in [5.74, 6) is -0.685. The Morgan fingerprint density at radius 1 is 1.19 bits per heavy atom. The average molecular weight is 453 g/mol. The molecule has 2 unspecified atom stereocenters. The number of Topliss-reactive ketones (excluding diaryl/α,β-unsaturated/α-hetero) is 1. The van der Waals surface area contributed by atoms with Crippen molar-refractivity contribution in [1.29, 1.82) is 0 Å². The van der Waals surface area contributed by atoms with Gasteiger partial charge in [0.05, 0.1) is 12.8 Å². The van der Waals surface area contributed by atoms with Crippen molar-refractivity contribution in [3.63, 3.8) is 0 Å². The number of ether oxygens (including phenoxy) is 1. The van der Waals surface area contributed by atoms with E-state index in [0.717, 1.165) is 5.56 Å². The fourth-order valence-corrected chi connectivity index (χ4v) is 4.63. The van der Waals surface area contributed by atoms with Crippen LogP contribution in [0, 0.1) is 5.82 Å². The summed E-state index contributed by atoms with van der Waals surface area (Å²) in [5.41, 5.74) is 2.37. The van der Waals surface area contributed by atoms with E-state index >= 15 is 0 Å². The Balaban J connectivity index is 1.50. The molecule has 2 atom stereocenters. The van der Waals surface area contributed by atoms with Crippen LogP contribution in [-0.4, -0.2) is 33.2 Å². The van der Waals surface area contributed by atoms with Crippen LogP contribution in [0.25, 0.3) is 0 Å². The minimum absolute atomic E-state index is 0.121. The molecule has 1 aliphatic rings. The van der Waals surface area contributed by atoms with E-state index < -0.39 is 22.1 Å². The summed E-state index contributed by atoms with van der Waals surface area (Å²) in [6, 6.07) is 13.9. The molecular weight excluding hydrogens is 433 g/mol. The maximum absolute atomic E-state index is 13.5. The molecule has 1 aromatic heterocycles. The fourth-order valence-electron chi connectivity index (χ4n) is 3.43. The first-order chi connectivity index (χ1) is 15.4. The topological polar surface area (TPSA) is 97.4 Å². The van der Waals surface area contributed by atoms with E-state index in [1.807, 2.05) is 0 Å². The van der Waals surface area contributed by atoms with Crippen LogP contribution in [0.15, 0.2) is 60.8 Å². The number of benzene rings is 2. The Bertz CT molecular complexity index is 1220. The van der Waals surface area contributed by atoms with Crippen LogP contribution in [0.5, 0.6) is 5.88 Å². The van der Waals surface area contributed by atoms with Gasteiger partial charge in [0.1, 0.15) is 22.1 Å². The number of carbonyl (C=O) groups excluding carboxylic acids is 2. The zero-order chi connectivity index (χ0) is 22.7. The highest BCUT2D eigenvalue weighted by molar-refractivity contribution is 7.88. The Hall–Kier alpha value is -3.59. The summed E-state index contributed by atoms with van der Waals surface area (Å²) in [6.07, 6.45) is 1.71. The minimum Gasteiger partial charge on any atom is -0.481 e. The number of ketones is 1. The van der Waals surface area contributed by atoms with Gasteiger partial charge in [-0.3, -0.25) is 9.59 Å². The zero-order valence-electron chi connectivity index (χ0n) is 17.1. The summed E-state index contributed by atoms with van der Waals surface area (Å²) in [6.45, 7) is 0.257. The molecule has 4 rings (SSSR count). The fraction of sp³-hybridized carbons (Fsp3) is 0.174. The summed E-state index contributed by atoms with van der Waals surface area (Å²) in [7, 11) is -0.154. The smallest absolute Gasteiger partial charge is 0.251 e. The van der Waals surface area contributed by atoms with Crippen molar-refractivity contribution in [2.24, 2.45) is 0 Å². The molecule has 2 N–H and O–H groups in total. The van der Waals surface area contributed by atoms with Gasteiger partial charge in [0.25, 0.3) is 5.91 Å². The molecule has 2 heterocycles. The van der Waals surface area contributed by atoms with Gasteiger partial charge >= 0.3 is 0 Å². The average Bonchev–Trinajstić information content (AvgIpc) is 2.80. The van der Waals surface area contributed by atoms with Crippen molar-refractivity contribution < 1.29 is 22.9 Å². The number of amides is 1. The molecule has 2 aromatic carbocycles. The molecule has 1 amide bonds.